The molecule has 0 aliphatic heterocycles. The van der Waals surface area contributed by atoms with Crippen LogP contribution in [0.15, 0.2) is 42.5 Å². The van der Waals surface area contributed by atoms with Gasteiger partial charge < -0.3 is 4.74 Å². The van der Waals surface area contributed by atoms with Crippen molar-refractivity contribution in [2.45, 2.75) is 33.3 Å². The Balaban J connectivity index is 2.14. The highest BCUT2D eigenvalue weighted by Gasteiger charge is 2.13. The summed E-state index contributed by atoms with van der Waals surface area (Å²) in [5, 5.41) is 0. The van der Waals surface area contributed by atoms with Crippen LogP contribution in [0.2, 0.25) is 0 Å². The number of ketones is 1. The van der Waals surface area contributed by atoms with Crippen molar-refractivity contribution in [3.05, 3.63) is 64.7 Å². The Morgan fingerprint density at radius 3 is 2.59 bits per heavy atom. The van der Waals surface area contributed by atoms with Crippen molar-refractivity contribution in [3.63, 3.8) is 0 Å². The second-order valence-electron chi connectivity index (χ2n) is 5.49. The van der Waals surface area contributed by atoms with Gasteiger partial charge in [-0.05, 0) is 38.0 Å². The molecule has 0 bridgehead atoms. The minimum Gasteiger partial charge on any atom is -0.488 e. The van der Waals surface area contributed by atoms with Gasteiger partial charge in [0.2, 0.25) is 0 Å². The summed E-state index contributed by atoms with van der Waals surface area (Å²) in [5.41, 5.74) is 4.00. The lowest BCUT2D eigenvalue weighted by atomic mass is 10.0. The molecule has 2 aromatic rings. The molecule has 0 aromatic heterocycles. The molecular weight excluding hydrogens is 296 g/mol. The quantitative estimate of drug-likeness (QED) is 0.525. The average molecular weight is 317 g/mol. The van der Waals surface area contributed by atoms with Crippen LogP contribution in [0.25, 0.3) is 0 Å². The predicted molar refractivity (Wildman–Crippen MR) is 91.0 cm³/mol. The van der Waals surface area contributed by atoms with Crippen LogP contribution in [0.3, 0.4) is 0 Å². The third-order valence-electron chi connectivity index (χ3n) is 3.45. The molecule has 3 heteroatoms. The van der Waals surface area contributed by atoms with Gasteiger partial charge in [-0.2, -0.15) is 0 Å². The molecule has 2 nitrogen and oxygen atoms in total. The van der Waals surface area contributed by atoms with E-state index >= 15 is 0 Å². The number of carbonyl (C=O) groups is 1. The number of carbonyl (C=O) groups excluding carboxylic acids is 1. The average Bonchev–Trinajstić information content (AvgIpc) is 2.51. The largest absolute Gasteiger partial charge is 0.488 e. The van der Waals surface area contributed by atoms with Crippen molar-refractivity contribution in [2.75, 3.05) is 5.88 Å². The zero-order valence-corrected chi connectivity index (χ0v) is 13.8. The summed E-state index contributed by atoms with van der Waals surface area (Å²) in [4.78, 5) is 12.3. The van der Waals surface area contributed by atoms with Gasteiger partial charge in [0.15, 0.2) is 5.78 Å². The number of ether oxygens (including phenoxy) is 1. The fourth-order valence-corrected chi connectivity index (χ4v) is 2.45. The van der Waals surface area contributed by atoms with Crippen molar-refractivity contribution in [1.29, 1.82) is 0 Å². The van der Waals surface area contributed by atoms with Crippen molar-refractivity contribution in [1.82, 2.24) is 0 Å². The summed E-state index contributed by atoms with van der Waals surface area (Å²) in [6.07, 6.45) is 1.14. The Kier molecular flexibility index (Phi) is 6.02. The molecule has 2 rings (SSSR count). The standard InChI is InChI=1S/C19H21ClO2/c1-14-5-3-6-16(11-14)13-22-19-9-8-15(2)12-17(19)18(21)7-4-10-20/h3,5-6,8-9,11-12H,4,7,10,13H2,1-2H3. The van der Waals surface area contributed by atoms with Crippen LogP contribution in [0.1, 0.15) is 39.9 Å². The van der Waals surface area contributed by atoms with Crippen LogP contribution in [-0.2, 0) is 6.61 Å². The number of alkyl halides is 1. The first-order valence-electron chi connectivity index (χ1n) is 7.48. The maximum atomic E-state index is 12.3. The predicted octanol–water partition coefficient (Wildman–Crippen LogP) is 5.08. The molecular formula is C19H21ClO2. The molecule has 0 saturated heterocycles. The monoisotopic (exact) mass is 316 g/mol. The van der Waals surface area contributed by atoms with E-state index in [-0.39, 0.29) is 5.78 Å². The van der Waals surface area contributed by atoms with E-state index in [0.29, 0.717) is 36.6 Å². The van der Waals surface area contributed by atoms with Crippen molar-refractivity contribution < 1.29 is 9.53 Å². The fraction of sp³-hybridized carbons (Fsp3) is 0.316. The molecule has 2 aromatic carbocycles. The van der Waals surface area contributed by atoms with Gasteiger partial charge in [0, 0.05) is 12.3 Å². The van der Waals surface area contributed by atoms with E-state index in [0.717, 1.165) is 11.1 Å². The van der Waals surface area contributed by atoms with Gasteiger partial charge in [-0.1, -0.05) is 41.5 Å². The van der Waals surface area contributed by atoms with Crippen LogP contribution in [0.4, 0.5) is 0 Å². The number of halogens is 1. The van der Waals surface area contributed by atoms with E-state index in [4.69, 9.17) is 16.3 Å². The minimum absolute atomic E-state index is 0.0867. The molecule has 0 amide bonds. The lowest BCUT2D eigenvalue weighted by Gasteiger charge is -2.12. The number of Topliss-reactive ketones (excluding diaryl/α,β-unsaturated/α-hetero) is 1. The molecule has 0 atom stereocenters. The van der Waals surface area contributed by atoms with Crippen LogP contribution in [0, 0.1) is 13.8 Å². The zero-order chi connectivity index (χ0) is 15.9. The van der Waals surface area contributed by atoms with E-state index in [1.807, 2.05) is 37.3 Å². The van der Waals surface area contributed by atoms with Gasteiger partial charge in [0.1, 0.15) is 12.4 Å². The van der Waals surface area contributed by atoms with Gasteiger partial charge in [0.05, 0.1) is 5.56 Å². The number of aryl methyl sites for hydroxylation is 2. The maximum absolute atomic E-state index is 12.3. The highest BCUT2D eigenvalue weighted by Crippen LogP contribution is 2.23. The number of hydrogen-bond donors (Lipinski definition) is 0. The van der Waals surface area contributed by atoms with Crippen LogP contribution in [0.5, 0.6) is 5.75 Å². The first-order valence-corrected chi connectivity index (χ1v) is 8.02. The second-order valence-corrected chi connectivity index (χ2v) is 5.87. The Labute approximate surface area is 137 Å². The summed E-state index contributed by atoms with van der Waals surface area (Å²) in [7, 11) is 0. The molecule has 0 unspecified atom stereocenters. The Morgan fingerprint density at radius 1 is 1.09 bits per heavy atom. The van der Waals surface area contributed by atoms with Gasteiger partial charge >= 0.3 is 0 Å². The topological polar surface area (TPSA) is 26.3 Å². The lowest BCUT2D eigenvalue weighted by molar-refractivity contribution is 0.0977. The summed E-state index contributed by atoms with van der Waals surface area (Å²) in [5.74, 6) is 1.23. The molecule has 22 heavy (non-hydrogen) atoms. The molecule has 0 spiro atoms. The number of rotatable bonds is 7. The Bertz CT molecular complexity index is 650. The second kappa shape index (κ2) is 8.00. The molecule has 116 valence electrons. The fourth-order valence-electron chi connectivity index (χ4n) is 2.31. The van der Waals surface area contributed by atoms with E-state index in [9.17, 15) is 4.79 Å². The summed E-state index contributed by atoms with van der Waals surface area (Å²) in [6, 6.07) is 13.9. The molecule has 0 N–H and O–H groups in total. The van der Waals surface area contributed by atoms with Crippen molar-refractivity contribution in [3.8, 4) is 5.75 Å². The van der Waals surface area contributed by atoms with Crippen LogP contribution < -0.4 is 4.74 Å². The SMILES string of the molecule is Cc1cccc(COc2ccc(C)cc2C(=O)CCCCl)c1. The minimum atomic E-state index is 0.0867. The van der Waals surface area contributed by atoms with E-state index < -0.39 is 0 Å². The zero-order valence-electron chi connectivity index (χ0n) is 13.1. The summed E-state index contributed by atoms with van der Waals surface area (Å²) in [6.45, 7) is 4.49. The van der Waals surface area contributed by atoms with Crippen LogP contribution >= 0.6 is 11.6 Å². The van der Waals surface area contributed by atoms with Gasteiger partial charge in [-0.15, -0.1) is 11.6 Å². The van der Waals surface area contributed by atoms with E-state index in [2.05, 4.69) is 19.1 Å². The van der Waals surface area contributed by atoms with E-state index in [1.165, 1.54) is 5.56 Å². The third-order valence-corrected chi connectivity index (χ3v) is 3.72. The maximum Gasteiger partial charge on any atom is 0.166 e. The number of hydrogen-bond acceptors (Lipinski definition) is 2. The first-order chi connectivity index (χ1) is 10.6. The van der Waals surface area contributed by atoms with E-state index in [1.54, 1.807) is 0 Å². The highest BCUT2D eigenvalue weighted by molar-refractivity contribution is 6.18. The molecule has 0 aliphatic rings. The normalized spacial score (nSPS) is 10.5. The molecule has 0 saturated carbocycles. The highest BCUT2D eigenvalue weighted by atomic mass is 35.5. The number of benzene rings is 2. The molecule has 0 fully saturated rings. The lowest BCUT2D eigenvalue weighted by Crippen LogP contribution is -2.05. The summed E-state index contributed by atoms with van der Waals surface area (Å²) < 4.78 is 5.88. The van der Waals surface area contributed by atoms with Crippen LogP contribution in [-0.4, -0.2) is 11.7 Å². The van der Waals surface area contributed by atoms with Crippen molar-refractivity contribution >= 4 is 17.4 Å². The Hall–Kier alpha value is -1.80. The van der Waals surface area contributed by atoms with Gasteiger partial charge in [0.25, 0.3) is 0 Å². The first kappa shape index (κ1) is 16.6. The van der Waals surface area contributed by atoms with Gasteiger partial charge in [-0.25, -0.2) is 0 Å². The smallest absolute Gasteiger partial charge is 0.166 e. The van der Waals surface area contributed by atoms with Crippen molar-refractivity contribution in [2.24, 2.45) is 0 Å². The molecule has 0 radical (unpaired) electrons. The molecule has 0 heterocycles. The molecule has 0 aliphatic carbocycles. The Morgan fingerprint density at radius 2 is 1.86 bits per heavy atom. The van der Waals surface area contributed by atoms with Gasteiger partial charge in [-0.3, -0.25) is 4.79 Å². The third kappa shape index (κ3) is 4.60. The summed E-state index contributed by atoms with van der Waals surface area (Å²) >= 11 is 5.68.